The van der Waals surface area contributed by atoms with Crippen molar-refractivity contribution in [2.45, 2.75) is 26.5 Å². The Hall–Kier alpha value is -0.900. The molecule has 0 unspecified atom stereocenters. The van der Waals surface area contributed by atoms with Gasteiger partial charge in [0.25, 0.3) is 0 Å². The minimum absolute atomic E-state index is 0.244. The van der Waals surface area contributed by atoms with E-state index in [2.05, 4.69) is 17.4 Å². The number of hydrogen-bond donors (Lipinski definition) is 2. The van der Waals surface area contributed by atoms with Crippen LogP contribution in [0.5, 0.6) is 0 Å². The summed E-state index contributed by atoms with van der Waals surface area (Å²) in [5, 5.41) is 12.0. The molecule has 1 rings (SSSR count). The van der Waals surface area contributed by atoms with Gasteiger partial charge in [-0.05, 0) is 31.0 Å². The third-order valence-electron chi connectivity index (χ3n) is 2.41. The molecule has 16 heavy (non-hydrogen) atoms. The molecule has 3 heteroatoms. The fraction of sp³-hybridized carbons (Fsp3) is 0.538. The summed E-state index contributed by atoms with van der Waals surface area (Å²) in [6.45, 7) is 5.35. The van der Waals surface area contributed by atoms with Gasteiger partial charge in [-0.15, -0.1) is 0 Å². The van der Waals surface area contributed by atoms with E-state index in [0.29, 0.717) is 6.61 Å². The van der Waals surface area contributed by atoms with Crippen molar-refractivity contribution in [3.8, 4) is 0 Å². The summed E-state index contributed by atoms with van der Waals surface area (Å²) in [6, 6.07) is 8.28. The van der Waals surface area contributed by atoms with Gasteiger partial charge in [-0.3, -0.25) is 0 Å². The number of hydrogen-bond acceptors (Lipinski definition) is 3. The van der Waals surface area contributed by atoms with Gasteiger partial charge >= 0.3 is 0 Å². The molecule has 0 radical (unpaired) electrons. The van der Waals surface area contributed by atoms with Crippen LogP contribution in [0.4, 0.5) is 0 Å². The fourth-order valence-electron chi connectivity index (χ4n) is 1.51. The molecule has 2 N–H and O–H groups in total. The molecule has 90 valence electrons. The molecule has 0 aliphatic heterocycles. The van der Waals surface area contributed by atoms with Crippen molar-refractivity contribution in [3.05, 3.63) is 35.4 Å². The molecule has 0 amide bonds. The highest BCUT2D eigenvalue weighted by atomic mass is 16.5. The van der Waals surface area contributed by atoms with Crippen LogP contribution in [-0.2, 0) is 17.9 Å². The molecular formula is C13H21NO2. The van der Waals surface area contributed by atoms with Gasteiger partial charge in [0.15, 0.2) is 0 Å². The summed E-state index contributed by atoms with van der Waals surface area (Å²) < 4.78 is 5.42. The highest BCUT2D eigenvalue weighted by Gasteiger charge is 2.00. The summed E-state index contributed by atoms with van der Waals surface area (Å²) in [5.74, 6) is 0. The van der Waals surface area contributed by atoms with Crippen LogP contribution in [0.3, 0.4) is 0 Å². The summed E-state index contributed by atoms with van der Waals surface area (Å²) >= 11 is 0. The van der Waals surface area contributed by atoms with Gasteiger partial charge in [0.1, 0.15) is 0 Å². The van der Waals surface area contributed by atoms with E-state index >= 15 is 0 Å². The Balaban J connectivity index is 2.43. The smallest absolute Gasteiger partial charge is 0.0719 e. The Kier molecular flexibility index (Phi) is 6.81. The number of rotatable bonds is 8. The SMILES string of the molecule is CCOCc1ccccc1CNCCCO. The van der Waals surface area contributed by atoms with E-state index in [0.717, 1.165) is 26.1 Å². The number of nitrogens with one attached hydrogen (secondary N) is 1. The third-order valence-corrected chi connectivity index (χ3v) is 2.41. The van der Waals surface area contributed by atoms with Crippen molar-refractivity contribution in [1.29, 1.82) is 0 Å². The van der Waals surface area contributed by atoms with Crippen LogP contribution in [0.25, 0.3) is 0 Å². The maximum Gasteiger partial charge on any atom is 0.0719 e. The van der Waals surface area contributed by atoms with Gasteiger partial charge in [0.2, 0.25) is 0 Å². The molecule has 0 saturated carbocycles. The molecule has 1 aromatic rings. The van der Waals surface area contributed by atoms with Crippen molar-refractivity contribution < 1.29 is 9.84 Å². The van der Waals surface area contributed by atoms with Gasteiger partial charge in [0.05, 0.1) is 6.61 Å². The topological polar surface area (TPSA) is 41.5 Å². The van der Waals surface area contributed by atoms with Gasteiger partial charge in [-0.1, -0.05) is 24.3 Å². The second-order valence-electron chi connectivity index (χ2n) is 3.66. The van der Waals surface area contributed by atoms with Crippen molar-refractivity contribution in [3.63, 3.8) is 0 Å². The standard InChI is InChI=1S/C13H21NO2/c1-2-16-11-13-7-4-3-6-12(13)10-14-8-5-9-15/h3-4,6-7,14-15H,2,5,8-11H2,1H3. The Morgan fingerprint density at radius 2 is 2.00 bits per heavy atom. The first-order chi connectivity index (χ1) is 7.88. The van der Waals surface area contributed by atoms with Crippen molar-refractivity contribution in [2.24, 2.45) is 0 Å². The molecule has 0 spiro atoms. The van der Waals surface area contributed by atoms with Crippen LogP contribution >= 0.6 is 0 Å². The normalized spacial score (nSPS) is 10.6. The summed E-state index contributed by atoms with van der Waals surface area (Å²) in [5.41, 5.74) is 2.51. The third kappa shape index (κ3) is 4.75. The van der Waals surface area contributed by atoms with Crippen LogP contribution in [0.15, 0.2) is 24.3 Å². The average molecular weight is 223 g/mol. The zero-order valence-electron chi connectivity index (χ0n) is 9.91. The van der Waals surface area contributed by atoms with Crippen molar-refractivity contribution in [2.75, 3.05) is 19.8 Å². The summed E-state index contributed by atoms with van der Waals surface area (Å²) in [4.78, 5) is 0. The Bertz CT molecular complexity index is 289. The minimum Gasteiger partial charge on any atom is -0.396 e. The monoisotopic (exact) mass is 223 g/mol. The van der Waals surface area contributed by atoms with E-state index < -0.39 is 0 Å². The molecule has 3 nitrogen and oxygen atoms in total. The summed E-state index contributed by atoms with van der Waals surface area (Å²) in [7, 11) is 0. The molecular weight excluding hydrogens is 202 g/mol. The second-order valence-corrected chi connectivity index (χ2v) is 3.66. The van der Waals surface area contributed by atoms with Crippen LogP contribution in [-0.4, -0.2) is 24.9 Å². The maximum atomic E-state index is 8.67. The maximum absolute atomic E-state index is 8.67. The van der Waals surface area contributed by atoms with Gasteiger partial charge < -0.3 is 15.2 Å². The fourth-order valence-corrected chi connectivity index (χ4v) is 1.51. The zero-order chi connectivity index (χ0) is 11.6. The van der Waals surface area contributed by atoms with Crippen molar-refractivity contribution >= 4 is 0 Å². The Labute approximate surface area is 97.4 Å². The van der Waals surface area contributed by atoms with Crippen LogP contribution < -0.4 is 5.32 Å². The van der Waals surface area contributed by atoms with Crippen molar-refractivity contribution in [1.82, 2.24) is 5.32 Å². The lowest BCUT2D eigenvalue weighted by atomic mass is 10.1. The minimum atomic E-state index is 0.244. The number of benzene rings is 1. The van der Waals surface area contributed by atoms with E-state index in [-0.39, 0.29) is 6.61 Å². The average Bonchev–Trinajstić information content (AvgIpc) is 2.33. The molecule has 0 aliphatic carbocycles. The molecule has 0 heterocycles. The van der Waals surface area contributed by atoms with E-state index in [4.69, 9.17) is 9.84 Å². The van der Waals surface area contributed by atoms with Crippen LogP contribution in [0, 0.1) is 0 Å². The van der Waals surface area contributed by atoms with Crippen LogP contribution in [0.2, 0.25) is 0 Å². The number of ether oxygens (including phenoxy) is 1. The van der Waals surface area contributed by atoms with Gasteiger partial charge in [-0.2, -0.15) is 0 Å². The van der Waals surface area contributed by atoms with Gasteiger partial charge in [0, 0.05) is 19.8 Å². The predicted octanol–water partition coefficient (Wildman–Crippen LogP) is 1.70. The quantitative estimate of drug-likeness (QED) is 0.659. The Morgan fingerprint density at radius 3 is 2.69 bits per heavy atom. The highest BCUT2D eigenvalue weighted by molar-refractivity contribution is 5.26. The first kappa shape index (κ1) is 13.2. The molecule has 0 bridgehead atoms. The summed E-state index contributed by atoms with van der Waals surface area (Å²) in [6.07, 6.45) is 0.799. The molecule has 0 fully saturated rings. The number of aliphatic hydroxyl groups is 1. The number of aliphatic hydroxyl groups excluding tert-OH is 1. The molecule has 0 aromatic heterocycles. The molecule has 0 saturated heterocycles. The first-order valence-corrected chi connectivity index (χ1v) is 5.84. The van der Waals surface area contributed by atoms with Crippen LogP contribution in [0.1, 0.15) is 24.5 Å². The predicted molar refractivity (Wildman–Crippen MR) is 65.2 cm³/mol. The first-order valence-electron chi connectivity index (χ1n) is 5.84. The molecule has 0 atom stereocenters. The van der Waals surface area contributed by atoms with E-state index in [9.17, 15) is 0 Å². The molecule has 0 aliphatic rings. The second kappa shape index (κ2) is 8.28. The Morgan fingerprint density at radius 1 is 1.25 bits per heavy atom. The zero-order valence-corrected chi connectivity index (χ0v) is 9.91. The highest BCUT2D eigenvalue weighted by Crippen LogP contribution is 2.09. The lowest BCUT2D eigenvalue weighted by Gasteiger charge is -2.10. The van der Waals surface area contributed by atoms with E-state index in [1.807, 2.05) is 19.1 Å². The van der Waals surface area contributed by atoms with E-state index in [1.165, 1.54) is 11.1 Å². The lowest BCUT2D eigenvalue weighted by molar-refractivity contribution is 0.133. The van der Waals surface area contributed by atoms with E-state index in [1.54, 1.807) is 0 Å². The molecule has 1 aromatic carbocycles. The van der Waals surface area contributed by atoms with Gasteiger partial charge in [-0.25, -0.2) is 0 Å². The lowest BCUT2D eigenvalue weighted by Crippen LogP contribution is -2.16. The largest absolute Gasteiger partial charge is 0.396 e.